The van der Waals surface area contributed by atoms with Crippen LogP contribution in [-0.2, 0) is 0 Å². The molecule has 2 atom stereocenters. The molecule has 0 bridgehead atoms. The number of hydrogen-bond donors (Lipinski definition) is 1. The lowest BCUT2D eigenvalue weighted by Gasteiger charge is -2.38. The van der Waals surface area contributed by atoms with E-state index in [1.54, 1.807) is 0 Å². The third-order valence-corrected chi connectivity index (χ3v) is 4.36. The molecule has 0 amide bonds. The van der Waals surface area contributed by atoms with Gasteiger partial charge in [0.25, 0.3) is 0 Å². The Bertz CT molecular complexity index is 441. The zero-order valence-electron chi connectivity index (χ0n) is 11.3. The maximum Gasteiger partial charge on any atom is 0.136 e. The van der Waals surface area contributed by atoms with Crippen molar-refractivity contribution >= 4 is 11.6 Å². The Morgan fingerprint density at radius 3 is 2.72 bits per heavy atom. The van der Waals surface area contributed by atoms with Crippen LogP contribution < -0.4 is 10.6 Å². The topological polar surface area (TPSA) is 55.0 Å². The Morgan fingerprint density at radius 2 is 2.00 bits per heavy atom. The Balaban J connectivity index is 1.90. The van der Waals surface area contributed by atoms with E-state index in [1.165, 1.54) is 25.7 Å². The number of piperidine rings is 1. The van der Waals surface area contributed by atoms with E-state index >= 15 is 0 Å². The molecule has 4 nitrogen and oxygen atoms in total. The summed E-state index contributed by atoms with van der Waals surface area (Å²) >= 11 is 0. The molecule has 2 aliphatic rings. The Morgan fingerprint density at radius 1 is 1.22 bits per heavy atom. The fourth-order valence-electron chi connectivity index (χ4n) is 2.80. The molecule has 1 aromatic heterocycles. The molecule has 3 rings (SSSR count). The van der Waals surface area contributed by atoms with Crippen molar-refractivity contribution < 1.29 is 0 Å². The molecule has 0 spiro atoms. The first-order chi connectivity index (χ1) is 8.65. The van der Waals surface area contributed by atoms with Crippen LogP contribution in [0.1, 0.15) is 51.3 Å². The molecule has 2 unspecified atom stereocenters. The average Bonchev–Trinajstić information content (AvgIpc) is 3.16. The standard InChI is InChI=1S/C14H22N4/c1-9-4-3-7-18(10(9)2)13-8-12(15)16-14(17-13)11-5-6-11/h8-11H,3-7H2,1-2H3,(H2,15,16,17). The van der Waals surface area contributed by atoms with Gasteiger partial charge >= 0.3 is 0 Å². The smallest absolute Gasteiger partial charge is 0.136 e. The molecule has 1 aliphatic carbocycles. The number of anilines is 2. The highest BCUT2D eigenvalue weighted by atomic mass is 15.2. The lowest BCUT2D eigenvalue weighted by Crippen LogP contribution is -2.43. The van der Waals surface area contributed by atoms with Crippen LogP contribution in [0.2, 0.25) is 0 Å². The highest BCUT2D eigenvalue weighted by Gasteiger charge is 2.30. The van der Waals surface area contributed by atoms with Crippen molar-refractivity contribution in [1.82, 2.24) is 9.97 Å². The van der Waals surface area contributed by atoms with Gasteiger partial charge in [-0.2, -0.15) is 0 Å². The van der Waals surface area contributed by atoms with Gasteiger partial charge in [-0.25, -0.2) is 9.97 Å². The van der Waals surface area contributed by atoms with Gasteiger partial charge in [-0.3, -0.25) is 0 Å². The number of nitrogen functional groups attached to an aromatic ring is 1. The molecular weight excluding hydrogens is 224 g/mol. The average molecular weight is 246 g/mol. The maximum atomic E-state index is 5.93. The van der Waals surface area contributed by atoms with E-state index < -0.39 is 0 Å². The molecule has 2 fully saturated rings. The summed E-state index contributed by atoms with van der Waals surface area (Å²) in [7, 11) is 0. The van der Waals surface area contributed by atoms with E-state index in [4.69, 9.17) is 10.7 Å². The summed E-state index contributed by atoms with van der Waals surface area (Å²) in [5.74, 6) is 3.88. The highest BCUT2D eigenvalue weighted by Crippen LogP contribution is 2.39. The predicted molar refractivity (Wildman–Crippen MR) is 73.6 cm³/mol. The monoisotopic (exact) mass is 246 g/mol. The molecule has 2 heterocycles. The normalized spacial score (nSPS) is 28.4. The van der Waals surface area contributed by atoms with Crippen molar-refractivity contribution in [1.29, 1.82) is 0 Å². The molecule has 0 radical (unpaired) electrons. The molecule has 2 N–H and O–H groups in total. The molecule has 1 aromatic rings. The van der Waals surface area contributed by atoms with Crippen LogP contribution in [0.4, 0.5) is 11.6 Å². The van der Waals surface area contributed by atoms with Crippen molar-refractivity contribution in [2.45, 2.75) is 51.5 Å². The Labute approximate surface area is 109 Å². The summed E-state index contributed by atoms with van der Waals surface area (Å²) in [5.41, 5.74) is 5.93. The van der Waals surface area contributed by atoms with Gasteiger partial charge in [0.1, 0.15) is 17.5 Å². The number of nitrogens with zero attached hydrogens (tertiary/aromatic N) is 3. The molecular formula is C14H22N4. The maximum absolute atomic E-state index is 5.93. The van der Waals surface area contributed by atoms with Crippen molar-refractivity contribution in [3.63, 3.8) is 0 Å². The van der Waals surface area contributed by atoms with Crippen LogP contribution in [-0.4, -0.2) is 22.6 Å². The summed E-state index contributed by atoms with van der Waals surface area (Å²) in [6.45, 7) is 5.70. The summed E-state index contributed by atoms with van der Waals surface area (Å²) in [5, 5.41) is 0. The van der Waals surface area contributed by atoms with Gasteiger partial charge in [-0.1, -0.05) is 6.92 Å². The van der Waals surface area contributed by atoms with E-state index in [-0.39, 0.29) is 0 Å². The Hall–Kier alpha value is -1.32. The molecule has 1 aliphatic heterocycles. The summed E-state index contributed by atoms with van der Waals surface area (Å²) in [6, 6.07) is 2.47. The van der Waals surface area contributed by atoms with Gasteiger partial charge in [0.2, 0.25) is 0 Å². The molecule has 18 heavy (non-hydrogen) atoms. The zero-order valence-corrected chi connectivity index (χ0v) is 11.3. The van der Waals surface area contributed by atoms with Crippen molar-refractivity contribution in [2.24, 2.45) is 5.92 Å². The minimum atomic E-state index is 0.542. The second kappa shape index (κ2) is 4.41. The molecule has 4 heteroatoms. The minimum absolute atomic E-state index is 0.542. The van der Waals surface area contributed by atoms with E-state index in [0.29, 0.717) is 17.8 Å². The van der Waals surface area contributed by atoms with Crippen molar-refractivity contribution in [3.05, 3.63) is 11.9 Å². The van der Waals surface area contributed by atoms with Crippen LogP contribution in [0, 0.1) is 5.92 Å². The third kappa shape index (κ3) is 2.16. The second-order valence-corrected chi connectivity index (χ2v) is 5.84. The van der Waals surface area contributed by atoms with Gasteiger partial charge < -0.3 is 10.6 Å². The number of rotatable bonds is 2. The lowest BCUT2D eigenvalue weighted by atomic mass is 9.92. The summed E-state index contributed by atoms with van der Waals surface area (Å²) in [6.07, 6.45) is 4.99. The highest BCUT2D eigenvalue weighted by molar-refractivity contribution is 5.48. The second-order valence-electron chi connectivity index (χ2n) is 5.84. The van der Waals surface area contributed by atoms with E-state index in [1.807, 2.05) is 6.07 Å². The fraction of sp³-hybridized carbons (Fsp3) is 0.714. The van der Waals surface area contributed by atoms with Gasteiger partial charge in [0.15, 0.2) is 0 Å². The largest absolute Gasteiger partial charge is 0.384 e. The minimum Gasteiger partial charge on any atom is -0.384 e. The zero-order chi connectivity index (χ0) is 12.7. The molecule has 0 aromatic carbocycles. The molecule has 98 valence electrons. The van der Waals surface area contributed by atoms with Crippen LogP contribution >= 0.6 is 0 Å². The van der Waals surface area contributed by atoms with Crippen LogP contribution in [0.25, 0.3) is 0 Å². The fourth-order valence-corrected chi connectivity index (χ4v) is 2.80. The Kier molecular flexibility index (Phi) is 2.88. The number of hydrogen-bond acceptors (Lipinski definition) is 4. The van der Waals surface area contributed by atoms with Gasteiger partial charge in [-0.15, -0.1) is 0 Å². The first-order valence-corrected chi connectivity index (χ1v) is 7.06. The summed E-state index contributed by atoms with van der Waals surface area (Å²) < 4.78 is 0. The number of aromatic nitrogens is 2. The van der Waals surface area contributed by atoms with E-state index in [9.17, 15) is 0 Å². The van der Waals surface area contributed by atoms with Crippen molar-refractivity contribution in [2.75, 3.05) is 17.2 Å². The molecule has 1 saturated carbocycles. The first kappa shape index (κ1) is 11.8. The third-order valence-electron chi connectivity index (χ3n) is 4.36. The summed E-state index contributed by atoms with van der Waals surface area (Å²) in [4.78, 5) is 11.5. The quantitative estimate of drug-likeness (QED) is 0.871. The van der Waals surface area contributed by atoms with Crippen LogP contribution in [0.5, 0.6) is 0 Å². The van der Waals surface area contributed by atoms with E-state index in [0.717, 1.165) is 24.1 Å². The van der Waals surface area contributed by atoms with E-state index in [2.05, 4.69) is 23.7 Å². The van der Waals surface area contributed by atoms with Crippen LogP contribution in [0.15, 0.2) is 6.07 Å². The predicted octanol–water partition coefficient (Wildman–Crippen LogP) is 2.56. The van der Waals surface area contributed by atoms with Crippen molar-refractivity contribution in [3.8, 4) is 0 Å². The SMILES string of the molecule is CC1CCCN(c2cc(N)nc(C3CC3)n2)C1C. The molecule has 1 saturated heterocycles. The first-order valence-electron chi connectivity index (χ1n) is 7.06. The number of nitrogens with two attached hydrogens (primary N) is 1. The lowest BCUT2D eigenvalue weighted by molar-refractivity contribution is 0.361. The van der Waals surface area contributed by atoms with Gasteiger partial charge in [-0.05, 0) is 38.5 Å². The van der Waals surface area contributed by atoms with Crippen LogP contribution in [0.3, 0.4) is 0 Å². The van der Waals surface area contributed by atoms with Gasteiger partial charge in [0, 0.05) is 24.6 Å². The van der Waals surface area contributed by atoms with Gasteiger partial charge in [0.05, 0.1) is 0 Å².